The van der Waals surface area contributed by atoms with Crippen molar-refractivity contribution in [2.24, 2.45) is 11.8 Å². The van der Waals surface area contributed by atoms with Crippen molar-refractivity contribution in [1.82, 2.24) is 4.72 Å². The van der Waals surface area contributed by atoms with Crippen molar-refractivity contribution in [3.8, 4) is 0 Å². The Morgan fingerprint density at radius 3 is 2.57 bits per heavy atom. The first kappa shape index (κ1) is 17.9. The summed E-state index contributed by atoms with van der Waals surface area (Å²) in [4.78, 5) is 10.9. The summed E-state index contributed by atoms with van der Waals surface area (Å²) < 4.78 is 26.8. The number of hydrogen-bond acceptors (Lipinski definition) is 3. The zero-order valence-corrected chi connectivity index (χ0v) is 13.6. The van der Waals surface area contributed by atoms with Gasteiger partial charge in [0.2, 0.25) is 10.0 Å². The predicted molar refractivity (Wildman–Crippen MR) is 81.8 cm³/mol. The lowest BCUT2D eigenvalue weighted by atomic mass is 9.94. The molecule has 1 atom stereocenters. The Morgan fingerprint density at radius 1 is 1.38 bits per heavy atom. The number of carboxylic acid groups (broad SMARTS) is 1. The molecule has 0 spiro atoms. The minimum atomic E-state index is -3.68. The summed E-state index contributed by atoms with van der Waals surface area (Å²) in [5.41, 5.74) is 0. The first-order valence-electron chi connectivity index (χ1n) is 6.67. The van der Waals surface area contributed by atoms with E-state index in [1.54, 1.807) is 12.1 Å². The maximum Gasteiger partial charge on any atom is 0.303 e. The van der Waals surface area contributed by atoms with Crippen LogP contribution in [0.2, 0.25) is 5.02 Å². The second kappa shape index (κ2) is 7.77. The van der Waals surface area contributed by atoms with Gasteiger partial charge < -0.3 is 5.11 Å². The molecular formula is C14H20ClNO4S. The van der Waals surface area contributed by atoms with Crippen LogP contribution in [0.1, 0.15) is 26.7 Å². The zero-order chi connectivity index (χ0) is 16.0. The molecule has 0 heterocycles. The number of carbonyl (C=O) groups is 1. The monoisotopic (exact) mass is 333 g/mol. The van der Waals surface area contributed by atoms with Crippen LogP contribution in [-0.2, 0) is 14.8 Å². The van der Waals surface area contributed by atoms with E-state index in [4.69, 9.17) is 16.7 Å². The summed E-state index contributed by atoms with van der Waals surface area (Å²) in [5.74, 6) is -0.871. The van der Waals surface area contributed by atoms with Crippen molar-refractivity contribution in [2.45, 2.75) is 31.6 Å². The number of sulfonamides is 1. The lowest BCUT2D eigenvalue weighted by Crippen LogP contribution is -2.31. The molecule has 5 nitrogen and oxygen atoms in total. The second-order valence-electron chi connectivity index (χ2n) is 5.40. The van der Waals surface area contributed by atoms with Gasteiger partial charge in [-0.3, -0.25) is 4.79 Å². The Labute approximate surface area is 130 Å². The van der Waals surface area contributed by atoms with Crippen molar-refractivity contribution in [3.05, 3.63) is 29.3 Å². The van der Waals surface area contributed by atoms with Crippen LogP contribution in [0.5, 0.6) is 0 Å². The largest absolute Gasteiger partial charge is 0.481 e. The van der Waals surface area contributed by atoms with Crippen LogP contribution in [0.3, 0.4) is 0 Å². The van der Waals surface area contributed by atoms with Gasteiger partial charge in [-0.1, -0.05) is 31.5 Å². The van der Waals surface area contributed by atoms with Crippen molar-refractivity contribution < 1.29 is 18.3 Å². The average Bonchev–Trinajstić information content (AvgIpc) is 2.35. The molecule has 1 unspecified atom stereocenters. The zero-order valence-electron chi connectivity index (χ0n) is 12.0. The highest BCUT2D eigenvalue weighted by Gasteiger charge is 2.20. The maximum absolute atomic E-state index is 12.1. The lowest BCUT2D eigenvalue weighted by Gasteiger charge is -2.18. The minimum absolute atomic E-state index is 0.0593. The normalized spacial score (nSPS) is 13.3. The molecule has 0 fully saturated rings. The van der Waals surface area contributed by atoms with E-state index in [2.05, 4.69) is 4.72 Å². The number of nitrogens with one attached hydrogen (secondary N) is 1. The molecule has 1 aromatic carbocycles. The van der Waals surface area contributed by atoms with Crippen molar-refractivity contribution in [2.75, 3.05) is 6.54 Å². The molecule has 0 aliphatic carbocycles. The number of halogens is 1. The molecule has 1 aromatic rings. The third kappa shape index (κ3) is 6.46. The van der Waals surface area contributed by atoms with Crippen molar-refractivity contribution >= 4 is 27.6 Å². The predicted octanol–water partition coefficient (Wildman–Crippen LogP) is 2.76. The molecule has 0 aliphatic rings. The first-order chi connectivity index (χ1) is 9.70. The quantitative estimate of drug-likeness (QED) is 0.766. The molecule has 0 aliphatic heterocycles. The molecule has 1 rings (SSSR count). The van der Waals surface area contributed by atoms with E-state index >= 15 is 0 Å². The van der Waals surface area contributed by atoms with E-state index in [1.807, 2.05) is 13.8 Å². The van der Waals surface area contributed by atoms with Crippen LogP contribution in [-0.4, -0.2) is 26.0 Å². The number of carboxylic acids is 1. The van der Waals surface area contributed by atoms with Gasteiger partial charge in [0.05, 0.1) is 4.90 Å². The highest BCUT2D eigenvalue weighted by Crippen LogP contribution is 2.18. The van der Waals surface area contributed by atoms with Gasteiger partial charge >= 0.3 is 5.97 Å². The highest BCUT2D eigenvalue weighted by atomic mass is 35.5. The van der Waals surface area contributed by atoms with Crippen molar-refractivity contribution in [1.29, 1.82) is 0 Å². The van der Waals surface area contributed by atoms with Crippen LogP contribution in [0.15, 0.2) is 29.2 Å². The van der Waals surface area contributed by atoms with Crippen LogP contribution in [0, 0.1) is 11.8 Å². The van der Waals surface area contributed by atoms with Gasteiger partial charge in [0.25, 0.3) is 0 Å². The van der Waals surface area contributed by atoms with Gasteiger partial charge in [0, 0.05) is 18.0 Å². The van der Waals surface area contributed by atoms with Crippen LogP contribution >= 0.6 is 11.6 Å². The third-order valence-electron chi connectivity index (χ3n) is 2.94. The van der Waals surface area contributed by atoms with Gasteiger partial charge in [-0.25, -0.2) is 13.1 Å². The summed E-state index contributed by atoms with van der Waals surface area (Å²) in [7, 11) is -3.68. The van der Waals surface area contributed by atoms with Crippen molar-refractivity contribution in [3.63, 3.8) is 0 Å². The van der Waals surface area contributed by atoms with Gasteiger partial charge in [0.1, 0.15) is 0 Å². The SMILES string of the molecule is CC(C)CC(CNS(=O)(=O)c1cccc(Cl)c1)CC(=O)O. The van der Waals surface area contributed by atoms with Gasteiger partial charge in [-0.2, -0.15) is 0 Å². The van der Waals surface area contributed by atoms with E-state index in [9.17, 15) is 13.2 Å². The molecule has 118 valence electrons. The Kier molecular flexibility index (Phi) is 6.64. The molecule has 0 aromatic heterocycles. The van der Waals surface area contributed by atoms with E-state index in [0.717, 1.165) is 0 Å². The molecule has 0 saturated carbocycles. The lowest BCUT2D eigenvalue weighted by molar-refractivity contribution is -0.138. The molecular weight excluding hydrogens is 314 g/mol. The fourth-order valence-electron chi connectivity index (χ4n) is 2.10. The third-order valence-corrected chi connectivity index (χ3v) is 4.59. The maximum atomic E-state index is 12.1. The molecule has 0 amide bonds. The molecule has 2 N–H and O–H groups in total. The summed E-state index contributed by atoms with van der Waals surface area (Å²) in [5, 5.41) is 9.22. The van der Waals surface area contributed by atoms with Crippen LogP contribution in [0.4, 0.5) is 0 Å². The standard InChI is InChI=1S/C14H20ClNO4S/c1-10(2)6-11(7-14(17)18)9-16-21(19,20)13-5-3-4-12(15)8-13/h3-5,8,10-11,16H,6-7,9H2,1-2H3,(H,17,18). The smallest absolute Gasteiger partial charge is 0.303 e. The second-order valence-corrected chi connectivity index (χ2v) is 7.61. The molecule has 0 bridgehead atoms. The van der Waals surface area contributed by atoms with E-state index in [1.165, 1.54) is 12.1 Å². The molecule has 0 saturated heterocycles. The fraction of sp³-hybridized carbons (Fsp3) is 0.500. The Bertz CT molecular complexity index is 586. The van der Waals surface area contributed by atoms with E-state index in [-0.39, 0.29) is 23.8 Å². The first-order valence-corrected chi connectivity index (χ1v) is 8.54. The Morgan fingerprint density at radius 2 is 2.05 bits per heavy atom. The van der Waals surface area contributed by atoms with E-state index in [0.29, 0.717) is 17.4 Å². The van der Waals surface area contributed by atoms with Gasteiger partial charge in [0.15, 0.2) is 0 Å². The number of hydrogen-bond donors (Lipinski definition) is 2. The fourth-order valence-corrected chi connectivity index (χ4v) is 3.51. The molecule has 21 heavy (non-hydrogen) atoms. The summed E-state index contributed by atoms with van der Waals surface area (Å²) in [6.07, 6.45) is 0.584. The Hall–Kier alpha value is -1.11. The Balaban J connectivity index is 2.75. The van der Waals surface area contributed by atoms with Gasteiger partial charge in [-0.15, -0.1) is 0 Å². The summed E-state index contributed by atoms with van der Waals surface area (Å²) in [6, 6.07) is 5.95. The average molecular weight is 334 g/mol. The molecule has 7 heteroatoms. The summed E-state index contributed by atoms with van der Waals surface area (Å²) in [6.45, 7) is 4.04. The summed E-state index contributed by atoms with van der Waals surface area (Å²) >= 11 is 5.78. The number of benzene rings is 1. The molecule has 0 radical (unpaired) electrons. The van der Waals surface area contributed by atoms with Crippen LogP contribution < -0.4 is 4.72 Å². The van der Waals surface area contributed by atoms with Crippen LogP contribution in [0.25, 0.3) is 0 Å². The van der Waals surface area contributed by atoms with Gasteiger partial charge in [-0.05, 0) is 36.5 Å². The topological polar surface area (TPSA) is 83.5 Å². The number of aliphatic carboxylic acids is 1. The number of rotatable bonds is 8. The minimum Gasteiger partial charge on any atom is -0.481 e. The highest BCUT2D eigenvalue weighted by molar-refractivity contribution is 7.89. The van der Waals surface area contributed by atoms with E-state index < -0.39 is 16.0 Å².